The summed E-state index contributed by atoms with van der Waals surface area (Å²) < 4.78 is 37.4. The number of nitrogens with zero attached hydrogens (tertiary/aromatic N) is 1. The highest BCUT2D eigenvalue weighted by molar-refractivity contribution is 7.89. The van der Waals surface area contributed by atoms with Crippen LogP contribution in [-0.4, -0.2) is 38.8 Å². The number of anilines is 1. The number of ether oxygens (including phenoxy) is 2. The van der Waals surface area contributed by atoms with Crippen molar-refractivity contribution in [2.45, 2.75) is 31.5 Å². The molecule has 8 heteroatoms. The van der Waals surface area contributed by atoms with Crippen molar-refractivity contribution in [2.24, 2.45) is 0 Å². The van der Waals surface area contributed by atoms with Gasteiger partial charge in [0.1, 0.15) is 18.1 Å². The minimum atomic E-state index is -3.61. The Bertz CT molecular complexity index is 1190. The van der Waals surface area contributed by atoms with Gasteiger partial charge in [0.2, 0.25) is 10.0 Å². The maximum atomic E-state index is 12.7. The molecule has 1 unspecified atom stereocenters. The number of hydrogen-bond donors (Lipinski definition) is 1. The van der Waals surface area contributed by atoms with Gasteiger partial charge in [-0.15, -0.1) is 0 Å². The number of sulfonamides is 1. The average molecular weight is 469 g/mol. The van der Waals surface area contributed by atoms with Crippen LogP contribution in [0.1, 0.15) is 18.1 Å². The number of amides is 1. The van der Waals surface area contributed by atoms with Crippen molar-refractivity contribution in [3.8, 4) is 11.5 Å². The number of hydrogen-bond acceptors (Lipinski definition) is 5. The molecule has 0 radical (unpaired) electrons. The molecule has 0 saturated carbocycles. The number of aryl methyl sites for hydroxylation is 1. The van der Waals surface area contributed by atoms with Gasteiger partial charge in [0, 0.05) is 19.8 Å². The van der Waals surface area contributed by atoms with Gasteiger partial charge in [-0.05, 0) is 61.4 Å². The van der Waals surface area contributed by atoms with Crippen LogP contribution in [0, 0.1) is 6.92 Å². The second-order valence-electron chi connectivity index (χ2n) is 7.76. The van der Waals surface area contributed by atoms with Crippen molar-refractivity contribution in [3.05, 3.63) is 83.9 Å². The molecular weight excluding hydrogens is 440 g/mol. The van der Waals surface area contributed by atoms with E-state index >= 15 is 0 Å². The Labute approximate surface area is 195 Å². The van der Waals surface area contributed by atoms with Gasteiger partial charge in [0.25, 0.3) is 5.91 Å². The Morgan fingerprint density at radius 2 is 1.61 bits per heavy atom. The zero-order valence-electron chi connectivity index (χ0n) is 19.1. The van der Waals surface area contributed by atoms with E-state index in [4.69, 9.17) is 9.47 Å². The molecule has 0 bridgehead atoms. The third-order valence-electron chi connectivity index (χ3n) is 5.00. The zero-order chi connectivity index (χ0) is 24.0. The van der Waals surface area contributed by atoms with Gasteiger partial charge in [0.05, 0.1) is 4.90 Å². The van der Waals surface area contributed by atoms with E-state index in [2.05, 4.69) is 5.32 Å². The Balaban J connectivity index is 1.60. The summed E-state index contributed by atoms with van der Waals surface area (Å²) in [6, 6.07) is 21.5. The first-order valence-electron chi connectivity index (χ1n) is 10.4. The fraction of sp³-hybridized carbons (Fsp3) is 0.240. The molecule has 1 atom stereocenters. The van der Waals surface area contributed by atoms with E-state index in [1.165, 1.54) is 26.2 Å². The monoisotopic (exact) mass is 468 g/mol. The first-order chi connectivity index (χ1) is 15.7. The van der Waals surface area contributed by atoms with Crippen LogP contribution in [0.5, 0.6) is 11.5 Å². The van der Waals surface area contributed by atoms with E-state index in [-0.39, 0.29) is 10.8 Å². The molecular formula is C25H28N2O5S. The van der Waals surface area contributed by atoms with Crippen LogP contribution in [0.4, 0.5) is 5.69 Å². The first-order valence-corrected chi connectivity index (χ1v) is 11.9. The van der Waals surface area contributed by atoms with Crippen molar-refractivity contribution in [2.75, 3.05) is 19.4 Å². The van der Waals surface area contributed by atoms with Crippen LogP contribution in [0.15, 0.2) is 77.7 Å². The number of carbonyl (C=O) groups excluding carboxylic acids is 1. The molecule has 1 N–H and O–H groups in total. The molecule has 0 aliphatic heterocycles. The summed E-state index contributed by atoms with van der Waals surface area (Å²) in [7, 11) is -0.689. The lowest BCUT2D eigenvalue weighted by atomic mass is 10.2. The van der Waals surface area contributed by atoms with Gasteiger partial charge in [-0.2, -0.15) is 0 Å². The maximum absolute atomic E-state index is 12.7. The van der Waals surface area contributed by atoms with E-state index in [9.17, 15) is 13.2 Å². The van der Waals surface area contributed by atoms with E-state index < -0.39 is 16.1 Å². The topological polar surface area (TPSA) is 84.9 Å². The Morgan fingerprint density at radius 1 is 0.970 bits per heavy atom. The highest BCUT2D eigenvalue weighted by Gasteiger charge is 2.20. The molecule has 7 nitrogen and oxygen atoms in total. The smallest absolute Gasteiger partial charge is 0.265 e. The number of benzene rings is 3. The van der Waals surface area contributed by atoms with Crippen LogP contribution in [0.3, 0.4) is 0 Å². The molecule has 0 spiro atoms. The van der Waals surface area contributed by atoms with Crippen molar-refractivity contribution in [1.29, 1.82) is 0 Å². The predicted octanol–water partition coefficient (Wildman–Crippen LogP) is 4.23. The lowest BCUT2D eigenvalue weighted by Gasteiger charge is -2.17. The molecule has 0 heterocycles. The van der Waals surface area contributed by atoms with Crippen molar-refractivity contribution < 1.29 is 22.7 Å². The Kier molecular flexibility index (Phi) is 7.73. The van der Waals surface area contributed by atoms with E-state index in [0.717, 1.165) is 15.4 Å². The summed E-state index contributed by atoms with van der Waals surface area (Å²) in [5.74, 6) is 0.824. The number of nitrogens with one attached hydrogen (secondary N) is 1. The third-order valence-corrected chi connectivity index (χ3v) is 6.81. The zero-order valence-corrected chi connectivity index (χ0v) is 19.9. The van der Waals surface area contributed by atoms with Crippen LogP contribution in [0.25, 0.3) is 0 Å². The molecule has 0 fully saturated rings. The fourth-order valence-electron chi connectivity index (χ4n) is 2.95. The van der Waals surface area contributed by atoms with Gasteiger partial charge >= 0.3 is 0 Å². The van der Waals surface area contributed by atoms with E-state index in [0.29, 0.717) is 23.8 Å². The molecule has 0 aliphatic rings. The molecule has 174 valence electrons. The number of rotatable bonds is 9. The highest BCUT2D eigenvalue weighted by Crippen LogP contribution is 2.23. The van der Waals surface area contributed by atoms with Crippen LogP contribution in [0.2, 0.25) is 0 Å². The van der Waals surface area contributed by atoms with Gasteiger partial charge in [-0.3, -0.25) is 4.79 Å². The molecule has 1 amide bonds. The molecule has 0 aliphatic carbocycles. The molecule has 0 saturated heterocycles. The van der Waals surface area contributed by atoms with E-state index in [1.807, 2.05) is 30.3 Å². The van der Waals surface area contributed by atoms with E-state index in [1.54, 1.807) is 44.2 Å². The molecule has 3 aromatic carbocycles. The lowest BCUT2D eigenvalue weighted by Crippen LogP contribution is -2.30. The SMILES string of the molecule is Cc1ccc(S(=O)(=O)N(C)C)cc1NC(=O)C(C)Oc1ccc(OCc2ccccc2)cc1. The second-order valence-corrected chi connectivity index (χ2v) is 9.91. The minimum Gasteiger partial charge on any atom is -0.489 e. The first kappa shape index (κ1) is 24.3. The summed E-state index contributed by atoms with van der Waals surface area (Å²) in [4.78, 5) is 12.8. The summed E-state index contributed by atoms with van der Waals surface area (Å²) in [6.45, 7) is 3.88. The minimum absolute atomic E-state index is 0.105. The summed E-state index contributed by atoms with van der Waals surface area (Å²) in [5, 5.41) is 2.76. The molecule has 0 aromatic heterocycles. The normalized spacial score (nSPS) is 12.3. The maximum Gasteiger partial charge on any atom is 0.265 e. The summed E-state index contributed by atoms with van der Waals surface area (Å²) in [5.41, 5.74) is 2.23. The fourth-order valence-corrected chi connectivity index (χ4v) is 3.88. The van der Waals surface area contributed by atoms with Gasteiger partial charge in [-0.1, -0.05) is 36.4 Å². The van der Waals surface area contributed by atoms with Gasteiger partial charge in [-0.25, -0.2) is 12.7 Å². The summed E-state index contributed by atoms with van der Waals surface area (Å²) in [6.07, 6.45) is -0.797. The molecule has 3 aromatic rings. The predicted molar refractivity (Wildman–Crippen MR) is 128 cm³/mol. The Hall–Kier alpha value is -3.36. The van der Waals surface area contributed by atoms with Crippen molar-refractivity contribution in [1.82, 2.24) is 4.31 Å². The largest absolute Gasteiger partial charge is 0.489 e. The molecule has 33 heavy (non-hydrogen) atoms. The van der Waals surface area contributed by atoms with Crippen molar-refractivity contribution in [3.63, 3.8) is 0 Å². The van der Waals surface area contributed by atoms with Crippen LogP contribution < -0.4 is 14.8 Å². The molecule has 3 rings (SSSR count). The second kappa shape index (κ2) is 10.5. The van der Waals surface area contributed by atoms with Crippen molar-refractivity contribution >= 4 is 21.6 Å². The van der Waals surface area contributed by atoms with Crippen LogP contribution in [-0.2, 0) is 21.4 Å². The average Bonchev–Trinajstić information content (AvgIpc) is 2.80. The summed E-state index contributed by atoms with van der Waals surface area (Å²) >= 11 is 0. The Morgan fingerprint density at radius 3 is 2.24 bits per heavy atom. The van der Waals surface area contributed by atoms with Gasteiger partial charge < -0.3 is 14.8 Å². The third kappa shape index (κ3) is 6.34. The standard InChI is InChI=1S/C25H28N2O5S/c1-18-10-15-23(33(29,30)27(3)4)16-24(18)26-25(28)19(2)32-22-13-11-21(12-14-22)31-17-20-8-6-5-7-9-20/h5-16,19H,17H2,1-4H3,(H,26,28). The quantitative estimate of drug-likeness (QED) is 0.508. The van der Waals surface area contributed by atoms with Crippen LogP contribution >= 0.6 is 0 Å². The number of carbonyl (C=O) groups is 1. The lowest BCUT2D eigenvalue weighted by molar-refractivity contribution is -0.122. The van der Waals surface area contributed by atoms with Gasteiger partial charge in [0.15, 0.2) is 6.10 Å². The highest BCUT2D eigenvalue weighted by atomic mass is 32.2.